The van der Waals surface area contributed by atoms with E-state index in [4.69, 9.17) is 20.8 Å². The predicted octanol–water partition coefficient (Wildman–Crippen LogP) is -0.0165. The number of aromatic nitrogens is 1. The second-order valence-corrected chi connectivity index (χ2v) is 3.05. The van der Waals surface area contributed by atoms with Gasteiger partial charge in [0.05, 0.1) is 0 Å². The number of nitrogens with zero attached hydrogens (tertiary/aromatic N) is 1. The van der Waals surface area contributed by atoms with Gasteiger partial charge in [-0.15, -0.1) is 4.73 Å². The van der Waals surface area contributed by atoms with E-state index in [0.29, 0.717) is 17.7 Å². The Bertz CT molecular complexity index is 315. The van der Waals surface area contributed by atoms with Crippen LogP contribution < -0.4 is 10.6 Å². The summed E-state index contributed by atoms with van der Waals surface area (Å²) in [7, 11) is 0. The molecule has 6 heteroatoms. The fraction of sp³-hybridized carbons (Fsp3) is 0.444. The van der Waals surface area contributed by atoms with Crippen LogP contribution >= 0.6 is 0 Å². The highest BCUT2D eigenvalue weighted by atomic mass is 16.7. The topological polar surface area (TPSA) is 97.7 Å². The molecule has 0 unspecified atom stereocenters. The van der Waals surface area contributed by atoms with E-state index in [0.717, 1.165) is 6.42 Å². The maximum absolute atomic E-state index is 11.2. The molecule has 4 N–H and O–H groups in total. The van der Waals surface area contributed by atoms with Gasteiger partial charge >= 0.3 is 5.97 Å². The minimum absolute atomic E-state index is 0.203. The van der Waals surface area contributed by atoms with Gasteiger partial charge in [-0.2, -0.15) is 0 Å². The van der Waals surface area contributed by atoms with Crippen LogP contribution in [-0.2, 0) is 4.79 Å². The van der Waals surface area contributed by atoms with E-state index in [1.807, 2.05) is 0 Å². The maximum Gasteiger partial charge on any atom is 0.333 e. The van der Waals surface area contributed by atoms with Gasteiger partial charge < -0.3 is 20.8 Å². The lowest BCUT2D eigenvalue weighted by Gasteiger charge is -2.06. The van der Waals surface area contributed by atoms with Crippen molar-refractivity contribution in [3.63, 3.8) is 0 Å². The molecule has 15 heavy (non-hydrogen) atoms. The third-order valence-electron chi connectivity index (χ3n) is 1.83. The molecule has 1 heterocycles. The van der Waals surface area contributed by atoms with Crippen molar-refractivity contribution in [3.8, 4) is 11.8 Å². The number of aromatic hydroxyl groups is 2. The van der Waals surface area contributed by atoms with Crippen molar-refractivity contribution in [2.75, 3.05) is 6.54 Å². The van der Waals surface area contributed by atoms with Crippen molar-refractivity contribution in [1.29, 1.82) is 0 Å². The van der Waals surface area contributed by atoms with Crippen LogP contribution in [0.1, 0.15) is 19.3 Å². The third kappa shape index (κ3) is 3.17. The van der Waals surface area contributed by atoms with Crippen molar-refractivity contribution < 1.29 is 19.8 Å². The summed E-state index contributed by atoms with van der Waals surface area (Å²) in [6.07, 6.45) is 1.56. The quantitative estimate of drug-likeness (QED) is 0.598. The smallest absolute Gasteiger partial charge is 0.333 e. The Hall–Kier alpha value is -1.69. The van der Waals surface area contributed by atoms with Gasteiger partial charge in [-0.05, 0) is 19.4 Å². The maximum atomic E-state index is 11.2. The Morgan fingerprint density at radius 1 is 1.33 bits per heavy atom. The van der Waals surface area contributed by atoms with Crippen molar-refractivity contribution in [2.45, 2.75) is 19.3 Å². The molecule has 0 aliphatic heterocycles. The van der Waals surface area contributed by atoms with E-state index in [2.05, 4.69) is 0 Å². The Kier molecular flexibility index (Phi) is 3.99. The molecule has 0 bridgehead atoms. The van der Waals surface area contributed by atoms with Gasteiger partial charge in [-0.1, -0.05) is 0 Å². The van der Waals surface area contributed by atoms with Gasteiger partial charge in [0, 0.05) is 18.6 Å². The minimum atomic E-state index is -0.523. The van der Waals surface area contributed by atoms with Crippen LogP contribution in [0.2, 0.25) is 0 Å². The van der Waals surface area contributed by atoms with Crippen LogP contribution in [0.15, 0.2) is 12.1 Å². The van der Waals surface area contributed by atoms with Gasteiger partial charge in [0.15, 0.2) is 0 Å². The molecule has 0 aliphatic rings. The molecule has 1 aromatic heterocycles. The molecule has 0 saturated carbocycles. The first-order chi connectivity index (χ1) is 7.15. The minimum Gasteiger partial charge on any atom is -0.492 e. The Labute approximate surface area is 86.8 Å². The molecule has 0 saturated heterocycles. The second kappa shape index (κ2) is 5.26. The van der Waals surface area contributed by atoms with Gasteiger partial charge in [0.25, 0.3) is 0 Å². The molecular formula is C9H14N2O4. The highest BCUT2D eigenvalue weighted by Crippen LogP contribution is 2.18. The SMILES string of the molecule is NCCCCC(=O)On1c(O)ccc1O. The van der Waals surface area contributed by atoms with Crippen LogP contribution in [0.3, 0.4) is 0 Å². The van der Waals surface area contributed by atoms with E-state index in [1.165, 1.54) is 12.1 Å². The number of rotatable bonds is 5. The summed E-state index contributed by atoms with van der Waals surface area (Å²) in [6.45, 7) is 0.521. The summed E-state index contributed by atoms with van der Waals surface area (Å²) in [5.74, 6) is -1.16. The number of unbranched alkanes of at least 4 members (excludes halogenated alkanes) is 1. The van der Waals surface area contributed by atoms with Crippen LogP contribution in [0.4, 0.5) is 0 Å². The first-order valence-electron chi connectivity index (χ1n) is 4.66. The number of carbonyl (C=O) groups is 1. The number of nitrogens with two attached hydrogens (primary N) is 1. The standard InChI is InChI=1S/C9H14N2O4/c10-6-2-1-3-9(14)15-11-7(12)4-5-8(11)13/h4-5,12-13H,1-3,6,10H2. The monoisotopic (exact) mass is 214 g/mol. The van der Waals surface area contributed by atoms with Crippen LogP contribution in [-0.4, -0.2) is 27.5 Å². The molecule has 0 radical (unpaired) electrons. The zero-order valence-electron chi connectivity index (χ0n) is 8.22. The Balaban J connectivity index is 2.44. The first kappa shape index (κ1) is 11.4. The summed E-state index contributed by atoms with van der Waals surface area (Å²) in [5.41, 5.74) is 5.26. The lowest BCUT2D eigenvalue weighted by molar-refractivity contribution is -0.145. The Morgan fingerprint density at radius 2 is 1.93 bits per heavy atom. The van der Waals surface area contributed by atoms with Crippen molar-refractivity contribution in [3.05, 3.63) is 12.1 Å². The molecule has 0 aromatic carbocycles. The molecule has 1 rings (SSSR count). The number of hydrogen-bond donors (Lipinski definition) is 3. The fourth-order valence-corrected chi connectivity index (χ4v) is 1.06. The number of carbonyl (C=O) groups excluding carboxylic acids is 1. The highest BCUT2D eigenvalue weighted by molar-refractivity contribution is 5.69. The van der Waals surface area contributed by atoms with Gasteiger partial charge in [-0.3, -0.25) is 0 Å². The summed E-state index contributed by atoms with van der Waals surface area (Å²) in [4.78, 5) is 15.9. The van der Waals surface area contributed by atoms with E-state index >= 15 is 0 Å². The lowest BCUT2D eigenvalue weighted by atomic mass is 10.2. The molecular weight excluding hydrogens is 200 g/mol. The summed E-state index contributed by atoms with van der Waals surface area (Å²) >= 11 is 0. The summed E-state index contributed by atoms with van der Waals surface area (Å²) in [5, 5.41) is 18.3. The molecule has 6 nitrogen and oxygen atoms in total. The second-order valence-electron chi connectivity index (χ2n) is 3.05. The van der Waals surface area contributed by atoms with Crippen LogP contribution in [0, 0.1) is 0 Å². The van der Waals surface area contributed by atoms with Crippen molar-refractivity contribution in [1.82, 2.24) is 4.73 Å². The van der Waals surface area contributed by atoms with Gasteiger partial charge in [-0.25, -0.2) is 4.79 Å². The van der Waals surface area contributed by atoms with E-state index in [9.17, 15) is 4.79 Å². The lowest BCUT2D eigenvalue weighted by Crippen LogP contribution is -2.18. The average molecular weight is 214 g/mol. The van der Waals surface area contributed by atoms with Crippen molar-refractivity contribution >= 4 is 5.97 Å². The largest absolute Gasteiger partial charge is 0.492 e. The molecule has 1 aromatic rings. The predicted molar refractivity (Wildman–Crippen MR) is 52.3 cm³/mol. The molecule has 0 aliphatic carbocycles. The zero-order chi connectivity index (χ0) is 11.3. The van der Waals surface area contributed by atoms with Crippen LogP contribution in [0.5, 0.6) is 11.8 Å². The normalized spacial score (nSPS) is 10.2. The number of hydrogen-bond acceptors (Lipinski definition) is 5. The average Bonchev–Trinajstić information content (AvgIpc) is 2.50. The van der Waals surface area contributed by atoms with E-state index in [-0.39, 0.29) is 18.2 Å². The van der Waals surface area contributed by atoms with Crippen LogP contribution in [0.25, 0.3) is 0 Å². The third-order valence-corrected chi connectivity index (χ3v) is 1.83. The van der Waals surface area contributed by atoms with E-state index in [1.54, 1.807) is 0 Å². The summed E-state index contributed by atoms with van der Waals surface area (Å²) in [6, 6.07) is 2.45. The summed E-state index contributed by atoms with van der Waals surface area (Å²) < 4.78 is 0.671. The van der Waals surface area contributed by atoms with Gasteiger partial charge in [0.1, 0.15) is 0 Å². The molecule has 0 fully saturated rings. The van der Waals surface area contributed by atoms with Crippen molar-refractivity contribution in [2.24, 2.45) is 5.73 Å². The molecule has 0 atom stereocenters. The molecule has 84 valence electrons. The van der Waals surface area contributed by atoms with Gasteiger partial charge in [0.2, 0.25) is 11.8 Å². The fourth-order valence-electron chi connectivity index (χ4n) is 1.06. The highest BCUT2D eigenvalue weighted by Gasteiger charge is 2.11. The first-order valence-corrected chi connectivity index (χ1v) is 4.66. The zero-order valence-corrected chi connectivity index (χ0v) is 8.22. The Morgan fingerprint density at radius 3 is 2.47 bits per heavy atom. The van der Waals surface area contributed by atoms with E-state index < -0.39 is 5.97 Å². The molecule has 0 amide bonds. The molecule has 0 spiro atoms.